The van der Waals surface area contributed by atoms with Gasteiger partial charge in [0.05, 0.1) is 11.8 Å². The molecule has 16 heavy (non-hydrogen) atoms. The van der Waals surface area contributed by atoms with E-state index < -0.39 is 0 Å². The van der Waals surface area contributed by atoms with Crippen molar-refractivity contribution in [2.75, 3.05) is 25.9 Å². The van der Waals surface area contributed by atoms with Gasteiger partial charge in [-0.1, -0.05) is 0 Å². The number of nitrogens with two attached hydrogens (primary N) is 1. The Hall–Kier alpha value is -1.49. The quantitative estimate of drug-likeness (QED) is 0.792. The molecule has 2 rings (SSSR count). The second-order valence-corrected chi connectivity index (χ2v) is 4.17. The normalized spacial score (nSPS) is 20.4. The van der Waals surface area contributed by atoms with Gasteiger partial charge < -0.3 is 19.9 Å². The monoisotopic (exact) mass is 223 g/mol. The molecular formula is C11H17N3O2. The molecule has 0 bridgehead atoms. The van der Waals surface area contributed by atoms with E-state index in [2.05, 4.69) is 0 Å². The maximum absolute atomic E-state index is 12.1. The molecule has 0 spiro atoms. The maximum atomic E-state index is 12.1. The van der Waals surface area contributed by atoms with E-state index in [0.29, 0.717) is 17.9 Å². The van der Waals surface area contributed by atoms with Crippen molar-refractivity contribution in [1.29, 1.82) is 0 Å². The summed E-state index contributed by atoms with van der Waals surface area (Å²) in [6, 6.07) is 1.71. The van der Waals surface area contributed by atoms with Crippen LogP contribution in [0.2, 0.25) is 0 Å². The number of nitrogens with zero attached hydrogens (tertiary/aromatic N) is 2. The number of ether oxygens (including phenoxy) is 1. The molecule has 1 atom stereocenters. The van der Waals surface area contributed by atoms with Gasteiger partial charge in [0.15, 0.2) is 0 Å². The molecule has 0 aromatic carbocycles. The molecular weight excluding hydrogens is 206 g/mol. The molecule has 88 valence electrons. The standard InChI is InChI=1S/C11H17N3O2/c1-13-6-8(12)5-10(13)11(15)14-4-3-9(7-14)16-2/h5-6,9H,3-4,7,12H2,1-2H3. The van der Waals surface area contributed by atoms with Gasteiger partial charge in [0.2, 0.25) is 0 Å². The van der Waals surface area contributed by atoms with Crippen LogP contribution in [0.15, 0.2) is 12.3 Å². The smallest absolute Gasteiger partial charge is 0.270 e. The number of anilines is 1. The molecule has 1 aliphatic heterocycles. The fraction of sp³-hybridized carbons (Fsp3) is 0.545. The number of likely N-dealkylation sites (tertiary alicyclic amines) is 1. The first-order valence-electron chi connectivity index (χ1n) is 5.35. The van der Waals surface area contributed by atoms with Crippen molar-refractivity contribution < 1.29 is 9.53 Å². The average Bonchev–Trinajstić information content (AvgIpc) is 2.84. The maximum Gasteiger partial charge on any atom is 0.270 e. The minimum Gasteiger partial charge on any atom is -0.397 e. The molecule has 1 saturated heterocycles. The number of hydrogen-bond acceptors (Lipinski definition) is 3. The van der Waals surface area contributed by atoms with Crippen LogP contribution in [-0.4, -0.2) is 41.7 Å². The zero-order valence-corrected chi connectivity index (χ0v) is 9.64. The molecule has 2 N–H and O–H groups in total. The molecule has 1 aromatic heterocycles. The molecule has 0 saturated carbocycles. The Morgan fingerprint density at radius 1 is 1.62 bits per heavy atom. The Morgan fingerprint density at radius 3 is 2.88 bits per heavy atom. The van der Waals surface area contributed by atoms with Gasteiger partial charge in [0.25, 0.3) is 5.91 Å². The molecule has 1 fully saturated rings. The van der Waals surface area contributed by atoms with Gasteiger partial charge in [0.1, 0.15) is 5.69 Å². The highest BCUT2D eigenvalue weighted by Crippen LogP contribution is 2.17. The Balaban J connectivity index is 2.11. The van der Waals surface area contributed by atoms with E-state index in [1.807, 2.05) is 11.9 Å². The summed E-state index contributed by atoms with van der Waals surface area (Å²) < 4.78 is 7.00. The second-order valence-electron chi connectivity index (χ2n) is 4.17. The van der Waals surface area contributed by atoms with Crippen LogP contribution in [0, 0.1) is 0 Å². The SMILES string of the molecule is COC1CCN(C(=O)c2cc(N)cn2C)C1. The lowest BCUT2D eigenvalue weighted by molar-refractivity contribution is 0.0715. The summed E-state index contributed by atoms with van der Waals surface area (Å²) in [5, 5.41) is 0. The molecule has 0 aliphatic carbocycles. The van der Waals surface area contributed by atoms with Crippen molar-refractivity contribution in [2.24, 2.45) is 7.05 Å². The minimum atomic E-state index is 0.0266. The summed E-state index contributed by atoms with van der Waals surface area (Å²) in [7, 11) is 3.51. The van der Waals surface area contributed by atoms with Crippen LogP contribution >= 0.6 is 0 Å². The van der Waals surface area contributed by atoms with E-state index in [9.17, 15) is 4.79 Å². The Bertz CT molecular complexity index is 400. The third kappa shape index (κ3) is 1.90. The van der Waals surface area contributed by atoms with Crippen LogP contribution in [0.3, 0.4) is 0 Å². The third-order valence-electron chi connectivity index (χ3n) is 3.01. The first-order valence-corrected chi connectivity index (χ1v) is 5.35. The van der Waals surface area contributed by atoms with Gasteiger partial charge in [-0.15, -0.1) is 0 Å². The molecule has 2 heterocycles. The Morgan fingerprint density at radius 2 is 2.38 bits per heavy atom. The van der Waals surface area contributed by atoms with E-state index in [0.717, 1.165) is 13.0 Å². The summed E-state index contributed by atoms with van der Waals surface area (Å²) in [6.07, 6.45) is 2.82. The van der Waals surface area contributed by atoms with E-state index in [-0.39, 0.29) is 12.0 Å². The van der Waals surface area contributed by atoms with Crippen molar-refractivity contribution in [2.45, 2.75) is 12.5 Å². The van der Waals surface area contributed by atoms with Crippen LogP contribution < -0.4 is 5.73 Å². The fourth-order valence-corrected chi connectivity index (χ4v) is 2.07. The number of carbonyl (C=O) groups is 1. The molecule has 5 heteroatoms. The van der Waals surface area contributed by atoms with Crippen molar-refractivity contribution in [3.8, 4) is 0 Å². The predicted octanol–water partition coefficient (Wildman–Crippen LogP) is 0.468. The van der Waals surface area contributed by atoms with Crippen LogP contribution in [0.1, 0.15) is 16.9 Å². The fourth-order valence-electron chi connectivity index (χ4n) is 2.07. The summed E-state index contributed by atoms with van der Waals surface area (Å²) in [5.74, 6) is 0.0266. The first kappa shape index (κ1) is 11.0. The zero-order valence-electron chi connectivity index (χ0n) is 9.64. The van der Waals surface area contributed by atoms with Gasteiger partial charge in [-0.2, -0.15) is 0 Å². The average molecular weight is 223 g/mol. The second kappa shape index (κ2) is 4.17. The summed E-state index contributed by atoms with van der Waals surface area (Å²) in [4.78, 5) is 13.9. The van der Waals surface area contributed by atoms with Crippen LogP contribution in [0.25, 0.3) is 0 Å². The molecule has 1 aliphatic rings. The minimum absolute atomic E-state index is 0.0266. The number of nitrogen functional groups attached to an aromatic ring is 1. The number of rotatable bonds is 2. The number of hydrogen-bond donors (Lipinski definition) is 1. The lowest BCUT2D eigenvalue weighted by atomic mass is 10.3. The number of aryl methyl sites for hydroxylation is 1. The van der Waals surface area contributed by atoms with Crippen LogP contribution in [0.4, 0.5) is 5.69 Å². The van der Waals surface area contributed by atoms with Crippen LogP contribution in [-0.2, 0) is 11.8 Å². The van der Waals surface area contributed by atoms with Crippen molar-refractivity contribution in [3.05, 3.63) is 18.0 Å². The molecule has 1 aromatic rings. The van der Waals surface area contributed by atoms with E-state index in [4.69, 9.17) is 10.5 Å². The Labute approximate surface area is 94.8 Å². The van der Waals surface area contributed by atoms with E-state index in [1.54, 1.807) is 23.9 Å². The van der Waals surface area contributed by atoms with Crippen molar-refractivity contribution in [1.82, 2.24) is 9.47 Å². The van der Waals surface area contributed by atoms with Crippen molar-refractivity contribution in [3.63, 3.8) is 0 Å². The highest BCUT2D eigenvalue weighted by atomic mass is 16.5. The van der Waals surface area contributed by atoms with E-state index in [1.165, 1.54) is 0 Å². The van der Waals surface area contributed by atoms with E-state index >= 15 is 0 Å². The highest BCUT2D eigenvalue weighted by molar-refractivity contribution is 5.94. The predicted molar refractivity (Wildman–Crippen MR) is 61.1 cm³/mol. The van der Waals surface area contributed by atoms with Gasteiger partial charge in [-0.3, -0.25) is 4.79 Å². The van der Waals surface area contributed by atoms with Gasteiger partial charge in [-0.05, 0) is 12.5 Å². The van der Waals surface area contributed by atoms with Crippen molar-refractivity contribution >= 4 is 11.6 Å². The van der Waals surface area contributed by atoms with Crippen LogP contribution in [0.5, 0.6) is 0 Å². The number of carbonyl (C=O) groups excluding carboxylic acids is 1. The summed E-state index contributed by atoms with van der Waals surface area (Å²) in [5.41, 5.74) is 6.91. The lowest BCUT2D eigenvalue weighted by Gasteiger charge is -2.16. The molecule has 5 nitrogen and oxygen atoms in total. The number of amides is 1. The zero-order chi connectivity index (χ0) is 11.7. The Kier molecular flexibility index (Phi) is 2.87. The summed E-state index contributed by atoms with van der Waals surface area (Å²) in [6.45, 7) is 1.42. The van der Waals surface area contributed by atoms with Gasteiger partial charge in [0, 0.05) is 33.4 Å². The first-order chi connectivity index (χ1) is 7.61. The topological polar surface area (TPSA) is 60.5 Å². The molecule has 0 radical (unpaired) electrons. The molecule has 1 unspecified atom stereocenters. The lowest BCUT2D eigenvalue weighted by Crippen LogP contribution is -2.31. The van der Waals surface area contributed by atoms with Gasteiger partial charge in [-0.25, -0.2) is 0 Å². The van der Waals surface area contributed by atoms with Gasteiger partial charge >= 0.3 is 0 Å². The number of aromatic nitrogens is 1. The molecule has 1 amide bonds. The largest absolute Gasteiger partial charge is 0.397 e. The number of methoxy groups -OCH3 is 1. The summed E-state index contributed by atoms with van der Waals surface area (Å²) >= 11 is 0. The highest BCUT2D eigenvalue weighted by Gasteiger charge is 2.27. The third-order valence-corrected chi connectivity index (χ3v) is 3.01.